The lowest BCUT2D eigenvalue weighted by molar-refractivity contribution is 0.300. The smallest absolute Gasteiger partial charge is 0.132 e. The van der Waals surface area contributed by atoms with Crippen molar-refractivity contribution in [3.05, 3.63) is 71.9 Å². The summed E-state index contributed by atoms with van der Waals surface area (Å²) >= 11 is 0. The second-order valence-corrected chi connectivity index (χ2v) is 4.38. The van der Waals surface area contributed by atoms with Gasteiger partial charge in [-0.1, -0.05) is 6.07 Å². The minimum absolute atomic E-state index is 0.0535. The molecule has 2 aromatic carbocycles. The SMILES string of the molecule is Fc1ccc(COc2ccc3ncccc3c2)c(F)c1. The van der Waals surface area contributed by atoms with Gasteiger partial charge in [0.2, 0.25) is 0 Å². The Morgan fingerprint density at radius 3 is 2.75 bits per heavy atom. The van der Waals surface area contributed by atoms with Gasteiger partial charge in [-0.15, -0.1) is 0 Å². The molecule has 3 rings (SSSR count). The van der Waals surface area contributed by atoms with Crippen LogP contribution in [0.25, 0.3) is 10.9 Å². The van der Waals surface area contributed by atoms with Gasteiger partial charge < -0.3 is 4.74 Å². The van der Waals surface area contributed by atoms with Crippen LogP contribution < -0.4 is 4.74 Å². The van der Waals surface area contributed by atoms with Gasteiger partial charge in [-0.2, -0.15) is 0 Å². The molecule has 0 aliphatic carbocycles. The molecule has 0 bridgehead atoms. The molecule has 100 valence electrons. The quantitative estimate of drug-likeness (QED) is 0.715. The first-order valence-electron chi connectivity index (χ1n) is 6.14. The van der Waals surface area contributed by atoms with Gasteiger partial charge in [0.15, 0.2) is 0 Å². The number of halogens is 2. The van der Waals surface area contributed by atoms with E-state index in [0.717, 1.165) is 17.0 Å². The van der Waals surface area contributed by atoms with Gasteiger partial charge in [0.25, 0.3) is 0 Å². The highest BCUT2D eigenvalue weighted by atomic mass is 19.1. The molecule has 0 aliphatic heterocycles. The third kappa shape index (κ3) is 2.59. The summed E-state index contributed by atoms with van der Waals surface area (Å²) in [5, 5.41) is 0.949. The monoisotopic (exact) mass is 271 g/mol. The zero-order chi connectivity index (χ0) is 13.9. The minimum Gasteiger partial charge on any atom is -0.489 e. The summed E-state index contributed by atoms with van der Waals surface area (Å²) in [6, 6.07) is 12.7. The number of rotatable bonds is 3. The third-order valence-electron chi connectivity index (χ3n) is 2.98. The highest BCUT2D eigenvalue weighted by Crippen LogP contribution is 2.20. The fourth-order valence-corrected chi connectivity index (χ4v) is 1.94. The van der Waals surface area contributed by atoms with Crippen molar-refractivity contribution >= 4 is 10.9 Å². The number of hydrogen-bond acceptors (Lipinski definition) is 2. The summed E-state index contributed by atoms with van der Waals surface area (Å²) in [6.45, 7) is 0.0535. The van der Waals surface area contributed by atoms with E-state index in [1.54, 1.807) is 12.3 Å². The fourth-order valence-electron chi connectivity index (χ4n) is 1.94. The Balaban J connectivity index is 1.79. The normalized spacial score (nSPS) is 10.7. The predicted molar refractivity (Wildman–Crippen MR) is 72.4 cm³/mol. The minimum atomic E-state index is -0.604. The van der Waals surface area contributed by atoms with Gasteiger partial charge in [-0.05, 0) is 36.4 Å². The lowest BCUT2D eigenvalue weighted by Crippen LogP contribution is -1.99. The second kappa shape index (κ2) is 5.25. The van der Waals surface area contributed by atoms with Gasteiger partial charge >= 0.3 is 0 Å². The Hall–Kier alpha value is -2.49. The first-order valence-corrected chi connectivity index (χ1v) is 6.14. The molecule has 0 atom stereocenters. The molecule has 2 nitrogen and oxygen atoms in total. The zero-order valence-corrected chi connectivity index (χ0v) is 10.5. The number of fused-ring (bicyclic) bond motifs is 1. The lowest BCUT2D eigenvalue weighted by atomic mass is 10.2. The van der Waals surface area contributed by atoms with Crippen molar-refractivity contribution in [3.63, 3.8) is 0 Å². The van der Waals surface area contributed by atoms with Crippen LogP contribution in [0.4, 0.5) is 8.78 Å². The van der Waals surface area contributed by atoms with E-state index in [1.165, 1.54) is 12.1 Å². The fraction of sp³-hybridized carbons (Fsp3) is 0.0625. The van der Waals surface area contributed by atoms with Crippen LogP contribution in [0, 0.1) is 11.6 Å². The van der Waals surface area contributed by atoms with E-state index in [9.17, 15) is 8.78 Å². The molecular formula is C16H11F2NO. The van der Waals surface area contributed by atoms with Crippen molar-refractivity contribution in [2.75, 3.05) is 0 Å². The molecule has 0 aliphatic rings. The molecule has 0 N–H and O–H groups in total. The highest BCUT2D eigenvalue weighted by Gasteiger charge is 2.05. The van der Waals surface area contributed by atoms with Gasteiger partial charge in [0.05, 0.1) is 5.52 Å². The van der Waals surface area contributed by atoms with Crippen molar-refractivity contribution in [2.45, 2.75) is 6.61 Å². The van der Waals surface area contributed by atoms with E-state index in [1.807, 2.05) is 24.3 Å². The lowest BCUT2D eigenvalue weighted by Gasteiger charge is -2.08. The Morgan fingerprint density at radius 1 is 1.00 bits per heavy atom. The van der Waals surface area contributed by atoms with Gasteiger partial charge in [0.1, 0.15) is 24.0 Å². The first kappa shape index (κ1) is 12.5. The van der Waals surface area contributed by atoms with Crippen LogP contribution in [-0.2, 0) is 6.61 Å². The molecule has 0 saturated heterocycles. The number of hydrogen-bond donors (Lipinski definition) is 0. The van der Waals surface area contributed by atoms with Crippen molar-refractivity contribution in [2.24, 2.45) is 0 Å². The van der Waals surface area contributed by atoms with Gasteiger partial charge in [-0.3, -0.25) is 4.98 Å². The van der Waals surface area contributed by atoms with Crippen LogP contribution in [0.3, 0.4) is 0 Å². The molecule has 1 heterocycles. The molecule has 4 heteroatoms. The van der Waals surface area contributed by atoms with E-state index in [0.29, 0.717) is 11.3 Å². The molecule has 0 amide bonds. The molecular weight excluding hydrogens is 260 g/mol. The van der Waals surface area contributed by atoms with Crippen LogP contribution in [0.2, 0.25) is 0 Å². The average molecular weight is 271 g/mol. The van der Waals surface area contributed by atoms with Crippen molar-refractivity contribution in [1.29, 1.82) is 0 Å². The van der Waals surface area contributed by atoms with Crippen molar-refractivity contribution < 1.29 is 13.5 Å². The topological polar surface area (TPSA) is 22.1 Å². The van der Waals surface area contributed by atoms with Crippen LogP contribution >= 0.6 is 0 Å². The largest absolute Gasteiger partial charge is 0.489 e. The van der Waals surface area contributed by atoms with E-state index in [-0.39, 0.29) is 6.61 Å². The van der Waals surface area contributed by atoms with Gasteiger partial charge in [-0.25, -0.2) is 8.78 Å². The van der Waals surface area contributed by atoms with E-state index in [2.05, 4.69) is 4.98 Å². The third-order valence-corrected chi connectivity index (χ3v) is 2.98. The Labute approximate surface area is 114 Å². The molecule has 20 heavy (non-hydrogen) atoms. The van der Waals surface area contributed by atoms with Crippen LogP contribution in [-0.4, -0.2) is 4.98 Å². The Morgan fingerprint density at radius 2 is 1.90 bits per heavy atom. The summed E-state index contributed by atoms with van der Waals surface area (Å²) in [5.41, 5.74) is 1.19. The average Bonchev–Trinajstić information content (AvgIpc) is 2.46. The van der Waals surface area contributed by atoms with Crippen molar-refractivity contribution in [1.82, 2.24) is 4.98 Å². The zero-order valence-electron chi connectivity index (χ0n) is 10.5. The molecule has 0 spiro atoms. The number of nitrogens with zero attached hydrogens (tertiary/aromatic N) is 1. The van der Waals surface area contributed by atoms with Crippen molar-refractivity contribution in [3.8, 4) is 5.75 Å². The maximum atomic E-state index is 13.5. The maximum Gasteiger partial charge on any atom is 0.132 e. The van der Waals surface area contributed by atoms with Crippen LogP contribution in [0.15, 0.2) is 54.7 Å². The summed E-state index contributed by atoms with van der Waals surface area (Å²) in [4.78, 5) is 4.21. The summed E-state index contributed by atoms with van der Waals surface area (Å²) < 4.78 is 31.8. The van der Waals surface area contributed by atoms with E-state index >= 15 is 0 Å². The number of pyridine rings is 1. The van der Waals surface area contributed by atoms with Crippen LogP contribution in [0.5, 0.6) is 5.75 Å². The predicted octanol–water partition coefficient (Wildman–Crippen LogP) is 4.09. The number of benzene rings is 2. The molecule has 3 aromatic rings. The summed E-state index contributed by atoms with van der Waals surface area (Å²) in [6.07, 6.45) is 1.72. The van der Waals surface area contributed by atoms with Crippen LogP contribution in [0.1, 0.15) is 5.56 Å². The molecule has 0 unspecified atom stereocenters. The van der Waals surface area contributed by atoms with Gasteiger partial charge in [0, 0.05) is 23.2 Å². The standard InChI is InChI=1S/C16H11F2NO/c17-13-4-3-12(15(18)9-13)10-20-14-5-6-16-11(8-14)2-1-7-19-16/h1-9H,10H2. The molecule has 1 aromatic heterocycles. The summed E-state index contributed by atoms with van der Waals surface area (Å²) in [5.74, 6) is -0.579. The molecule has 0 radical (unpaired) electrons. The Bertz CT molecular complexity index is 758. The second-order valence-electron chi connectivity index (χ2n) is 4.38. The highest BCUT2D eigenvalue weighted by molar-refractivity contribution is 5.79. The number of aromatic nitrogens is 1. The summed E-state index contributed by atoms with van der Waals surface area (Å²) in [7, 11) is 0. The molecule has 0 fully saturated rings. The Kier molecular flexibility index (Phi) is 3.29. The first-order chi connectivity index (χ1) is 9.72. The molecule has 0 saturated carbocycles. The van der Waals surface area contributed by atoms with E-state index < -0.39 is 11.6 Å². The van der Waals surface area contributed by atoms with E-state index in [4.69, 9.17) is 4.74 Å². The number of ether oxygens (including phenoxy) is 1. The maximum absolute atomic E-state index is 13.5.